The lowest BCUT2D eigenvalue weighted by Gasteiger charge is -2.08. The number of nitrogens with one attached hydrogen (secondary N) is 2. The second kappa shape index (κ2) is 7.22. The lowest BCUT2D eigenvalue weighted by atomic mass is 10.1. The normalized spacial score (nSPS) is 10.9. The van der Waals surface area contributed by atoms with Crippen molar-refractivity contribution in [2.45, 2.75) is 6.54 Å². The third-order valence-electron chi connectivity index (χ3n) is 5.15. The molecule has 6 nitrogen and oxygen atoms in total. The van der Waals surface area contributed by atoms with Crippen molar-refractivity contribution in [3.05, 3.63) is 95.9 Å². The molecule has 2 heterocycles. The van der Waals surface area contributed by atoms with Gasteiger partial charge in [0.2, 0.25) is 0 Å². The van der Waals surface area contributed by atoms with Crippen molar-refractivity contribution in [3.63, 3.8) is 0 Å². The molecule has 5 aromatic rings. The van der Waals surface area contributed by atoms with E-state index in [1.807, 2.05) is 54.7 Å². The zero-order chi connectivity index (χ0) is 20.5. The molecule has 0 fully saturated rings. The molecular weight excluding hydrogens is 374 g/mol. The zero-order valence-electron chi connectivity index (χ0n) is 16.0. The number of carbonyl (C=O) groups excluding carboxylic acids is 1. The quantitative estimate of drug-likeness (QED) is 0.466. The Morgan fingerprint density at radius 3 is 2.80 bits per heavy atom. The maximum atomic E-state index is 12.8. The number of hydrogen-bond acceptors (Lipinski definition) is 3. The van der Waals surface area contributed by atoms with Crippen LogP contribution in [0.4, 0.5) is 5.69 Å². The monoisotopic (exact) mass is 391 g/mol. The SMILES string of the molecule is N#Cc1cn(Cc2ccccc2)c2ccc(NC(=O)c3cccc4[nH]cnc34)cc12. The molecule has 0 bridgehead atoms. The number of aromatic nitrogens is 3. The van der Waals surface area contributed by atoms with Crippen LogP contribution in [0.1, 0.15) is 21.5 Å². The maximum Gasteiger partial charge on any atom is 0.257 e. The molecule has 5 rings (SSSR count). The smallest absolute Gasteiger partial charge is 0.257 e. The minimum atomic E-state index is -0.241. The summed E-state index contributed by atoms with van der Waals surface area (Å²) in [6, 6.07) is 23.4. The molecule has 0 radical (unpaired) electrons. The summed E-state index contributed by atoms with van der Waals surface area (Å²) in [6.07, 6.45) is 3.43. The minimum absolute atomic E-state index is 0.241. The van der Waals surface area contributed by atoms with Gasteiger partial charge >= 0.3 is 0 Å². The molecule has 0 spiro atoms. The van der Waals surface area contributed by atoms with Crippen molar-refractivity contribution in [1.82, 2.24) is 14.5 Å². The maximum absolute atomic E-state index is 12.8. The van der Waals surface area contributed by atoms with E-state index in [1.165, 1.54) is 0 Å². The van der Waals surface area contributed by atoms with Crippen LogP contribution >= 0.6 is 0 Å². The lowest BCUT2D eigenvalue weighted by Crippen LogP contribution is -2.12. The first-order valence-corrected chi connectivity index (χ1v) is 9.53. The van der Waals surface area contributed by atoms with Crippen LogP contribution in [0.2, 0.25) is 0 Å². The number of aromatic amines is 1. The molecule has 6 heteroatoms. The number of rotatable bonds is 4. The van der Waals surface area contributed by atoms with Gasteiger partial charge in [0, 0.05) is 29.3 Å². The Bertz CT molecular complexity index is 1420. The highest BCUT2D eigenvalue weighted by molar-refractivity contribution is 6.12. The molecule has 2 N–H and O–H groups in total. The summed E-state index contributed by atoms with van der Waals surface area (Å²) in [5, 5.41) is 13.3. The third-order valence-corrected chi connectivity index (χ3v) is 5.15. The van der Waals surface area contributed by atoms with Crippen LogP contribution in [0.3, 0.4) is 0 Å². The third kappa shape index (κ3) is 3.09. The highest BCUT2D eigenvalue weighted by Crippen LogP contribution is 2.26. The number of fused-ring (bicyclic) bond motifs is 2. The van der Waals surface area contributed by atoms with Gasteiger partial charge in [-0.3, -0.25) is 4.79 Å². The average Bonchev–Trinajstić information content (AvgIpc) is 3.39. The van der Waals surface area contributed by atoms with Crippen molar-refractivity contribution in [2.75, 3.05) is 5.32 Å². The first kappa shape index (κ1) is 17.7. The summed E-state index contributed by atoms with van der Waals surface area (Å²) in [5.74, 6) is -0.241. The summed E-state index contributed by atoms with van der Waals surface area (Å²) in [6.45, 7) is 0.673. The molecular formula is C24H17N5O. The van der Waals surface area contributed by atoms with Gasteiger partial charge in [-0.15, -0.1) is 0 Å². The van der Waals surface area contributed by atoms with Gasteiger partial charge in [0.05, 0.1) is 23.0 Å². The van der Waals surface area contributed by atoms with E-state index in [0.29, 0.717) is 28.9 Å². The van der Waals surface area contributed by atoms with E-state index in [0.717, 1.165) is 22.0 Å². The van der Waals surface area contributed by atoms with Crippen LogP contribution in [0.25, 0.3) is 21.9 Å². The predicted octanol–water partition coefficient (Wildman–Crippen LogP) is 4.69. The summed E-state index contributed by atoms with van der Waals surface area (Å²) in [7, 11) is 0. The average molecular weight is 391 g/mol. The number of nitriles is 1. The van der Waals surface area contributed by atoms with Crippen LogP contribution in [-0.4, -0.2) is 20.4 Å². The molecule has 0 aliphatic heterocycles. The van der Waals surface area contributed by atoms with E-state index in [2.05, 4.69) is 38.1 Å². The topological polar surface area (TPSA) is 86.5 Å². The Labute approximate surface area is 172 Å². The molecule has 0 aliphatic carbocycles. The Hall–Kier alpha value is -4.37. The van der Waals surface area contributed by atoms with E-state index in [1.54, 1.807) is 12.4 Å². The fourth-order valence-electron chi connectivity index (χ4n) is 3.72. The Morgan fingerprint density at radius 1 is 1.10 bits per heavy atom. The van der Waals surface area contributed by atoms with Gasteiger partial charge in [0.15, 0.2) is 0 Å². The van der Waals surface area contributed by atoms with Crippen molar-refractivity contribution >= 4 is 33.5 Å². The van der Waals surface area contributed by atoms with Gasteiger partial charge in [0.25, 0.3) is 5.91 Å². The van der Waals surface area contributed by atoms with Crippen LogP contribution in [-0.2, 0) is 6.54 Å². The van der Waals surface area contributed by atoms with Gasteiger partial charge < -0.3 is 14.9 Å². The number of para-hydroxylation sites is 1. The number of anilines is 1. The summed E-state index contributed by atoms with van der Waals surface area (Å²) >= 11 is 0. The summed E-state index contributed by atoms with van der Waals surface area (Å²) < 4.78 is 2.05. The van der Waals surface area contributed by atoms with Gasteiger partial charge in [-0.25, -0.2) is 4.98 Å². The van der Waals surface area contributed by atoms with Crippen LogP contribution < -0.4 is 5.32 Å². The first-order valence-electron chi connectivity index (χ1n) is 9.53. The largest absolute Gasteiger partial charge is 0.345 e. The molecule has 0 saturated carbocycles. The summed E-state index contributed by atoms with van der Waals surface area (Å²) in [5.41, 5.74) is 5.24. The molecule has 2 aromatic heterocycles. The van der Waals surface area contributed by atoms with Crippen molar-refractivity contribution in [2.24, 2.45) is 0 Å². The van der Waals surface area contributed by atoms with E-state index in [4.69, 9.17) is 0 Å². The van der Waals surface area contributed by atoms with Crippen LogP contribution in [0.15, 0.2) is 79.3 Å². The molecule has 30 heavy (non-hydrogen) atoms. The minimum Gasteiger partial charge on any atom is -0.345 e. The van der Waals surface area contributed by atoms with Gasteiger partial charge in [0.1, 0.15) is 11.6 Å². The standard InChI is InChI=1S/C24H17N5O/c25-12-17-14-29(13-16-5-2-1-3-6-16)22-10-9-18(11-20(17)22)28-24(30)19-7-4-8-21-23(19)27-15-26-21/h1-11,14-15H,13H2,(H,26,27)(H,28,30). The molecule has 0 unspecified atom stereocenters. The Morgan fingerprint density at radius 2 is 1.97 bits per heavy atom. The van der Waals surface area contributed by atoms with Crippen molar-refractivity contribution in [1.29, 1.82) is 5.26 Å². The first-order chi connectivity index (χ1) is 14.7. The highest BCUT2D eigenvalue weighted by Gasteiger charge is 2.14. The fourth-order valence-corrected chi connectivity index (χ4v) is 3.72. The Kier molecular flexibility index (Phi) is 4.26. The predicted molar refractivity (Wildman–Crippen MR) is 116 cm³/mol. The lowest BCUT2D eigenvalue weighted by molar-refractivity contribution is 0.102. The second-order valence-corrected chi connectivity index (χ2v) is 7.06. The van der Waals surface area contributed by atoms with Gasteiger partial charge in [-0.1, -0.05) is 36.4 Å². The number of H-pyrrole nitrogens is 1. The zero-order valence-corrected chi connectivity index (χ0v) is 16.0. The summed E-state index contributed by atoms with van der Waals surface area (Å²) in [4.78, 5) is 20.1. The second-order valence-electron chi connectivity index (χ2n) is 7.06. The van der Waals surface area contributed by atoms with Gasteiger partial charge in [-0.05, 0) is 35.9 Å². The fraction of sp³-hybridized carbons (Fsp3) is 0.0417. The number of carbonyl (C=O) groups is 1. The number of imidazole rings is 1. The Balaban J connectivity index is 1.48. The van der Waals surface area contributed by atoms with Crippen molar-refractivity contribution in [3.8, 4) is 6.07 Å². The van der Waals surface area contributed by atoms with Crippen LogP contribution in [0.5, 0.6) is 0 Å². The van der Waals surface area contributed by atoms with Gasteiger partial charge in [-0.2, -0.15) is 5.26 Å². The molecule has 144 valence electrons. The number of amides is 1. The van der Waals surface area contributed by atoms with Crippen LogP contribution in [0, 0.1) is 11.3 Å². The molecule has 0 atom stereocenters. The molecule has 0 saturated heterocycles. The number of benzene rings is 3. The molecule has 0 aliphatic rings. The van der Waals surface area contributed by atoms with E-state index < -0.39 is 0 Å². The van der Waals surface area contributed by atoms with E-state index >= 15 is 0 Å². The van der Waals surface area contributed by atoms with E-state index in [9.17, 15) is 10.1 Å². The molecule has 1 amide bonds. The molecule has 3 aromatic carbocycles. The number of hydrogen-bond donors (Lipinski definition) is 2. The van der Waals surface area contributed by atoms with Crippen molar-refractivity contribution < 1.29 is 4.79 Å². The number of nitrogens with zero attached hydrogens (tertiary/aromatic N) is 3. The van der Waals surface area contributed by atoms with E-state index in [-0.39, 0.29) is 5.91 Å². The highest BCUT2D eigenvalue weighted by atomic mass is 16.1.